The van der Waals surface area contributed by atoms with Crippen LogP contribution in [0.1, 0.15) is 25.4 Å². The van der Waals surface area contributed by atoms with E-state index in [-0.39, 0.29) is 0 Å². The third kappa shape index (κ3) is 1.87. The van der Waals surface area contributed by atoms with Crippen molar-refractivity contribution in [3.05, 3.63) is 22.6 Å². The van der Waals surface area contributed by atoms with Crippen LogP contribution in [0.4, 0.5) is 0 Å². The first kappa shape index (κ1) is 13.0. The molecule has 0 unspecified atom stereocenters. The summed E-state index contributed by atoms with van der Waals surface area (Å²) < 4.78 is 6.59. The van der Waals surface area contributed by atoms with Gasteiger partial charge in [-0.3, -0.25) is 9.25 Å². The van der Waals surface area contributed by atoms with Crippen molar-refractivity contribution in [2.45, 2.75) is 33.4 Å². The Hall–Kier alpha value is -1.96. The molecule has 0 saturated carbocycles. The van der Waals surface area contributed by atoms with E-state index in [0.29, 0.717) is 11.3 Å². The van der Waals surface area contributed by atoms with E-state index < -0.39 is 0 Å². The number of H-pyrrole nitrogens is 1. The predicted molar refractivity (Wildman–Crippen MR) is 78.1 cm³/mol. The molecule has 0 aromatic carbocycles. The van der Waals surface area contributed by atoms with Crippen molar-refractivity contribution in [3.8, 4) is 0 Å². The van der Waals surface area contributed by atoms with Gasteiger partial charge in [-0.1, -0.05) is 6.92 Å². The minimum absolute atomic E-state index is 0.593. The van der Waals surface area contributed by atoms with E-state index in [9.17, 15) is 0 Å². The molecule has 106 valence electrons. The first-order valence-corrected chi connectivity index (χ1v) is 7.07. The lowest BCUT2D eigenvalue weighted by molar-refractivity contribution is 0.639. The van der Waals surface area contributed by atoms with Gasteiger partial charge in [0.15, 0.2) is 16.2 Å². The van der Waals surface area contributed by atoms with Gasteiger partial charge in [0, 0.05) is 13.6 Å². The summed E-state index contributed by atoms with van der Waals surface area (Å²) in [6.45, 7) is 5.59. The summed E-state index contributed by atoms with van der Waals surface area (Å²) in [5.74, 6) is 0.892. The number of nitrogens with zero attached hydrogens (tertiary/aromatic N) is 6. The van der Waals surface area contributed by atoms with Crippen LogP contribution < -0.4 is 0 Å². The van der Waals surface area contributed by atoms with E-state index in [1.54, 1.807) is 6.33 Å². The number of aromatic nitrogens is 7. The molecular weight excluding hydrogens is 274 g/mol. The number of rotatable bonds is 4. The van der Waals surface area contributed by atoms with Gasteiger partial charge >= 0.3 is 0 Å². The number of imidazole rings is 1. The Balaban J connectivity index is 2.14. The molecule has 0 spiro atoms. The van der Waals surface area contributed by atoms with E-state index in [2.05, 4.69) is 34.1 Å². The highest BCUT2D eigenvalue weighted by Crippen LogP contribution is 2.19. The van der Waals surface area contributed by atoms with Gasteiger partial charge in [-0.2, -0.15) is 5.10 Å². The third-order valence-electron chi connectivity index (χ3n) is 3.49. The second-order valence-corrected chi connectivity index (χ2v) is 5.06. The molecule has 0 aliphatic rings. The number of hydrogen-bond acceptors (Lipinski definition) is 4. The molecule has 1 N–H and O–H groups in total. The topological polar surface area (TPSA) is 69.2 Å². The summed E-state index contributed by atoms with van der Waals surface area (Å²) in [4.78, 5) is 3.25. The molecule has 0 fully saturated rings. The second kappa shape index (κ2) is 4.86. The Labute approximate surface area is 121 Å². The van der Waals surface area contributed by atoms with Crippen molar-refractivity contribution in [2.24, 2.45) is 7.05 Å². The van der Waals surface area contributed by atoms with Crippen molar-refractivity contribution in [3.63, 3.8) is 0 Å². The standard InChI is InChI=1S/C12H17N7S/c1-4-8-10-11(17(3)16-8)19(12(20)14-10)6-9-15-13-7-18(9)5-2/h7H,4-6H2,1-3H3,(H,14,20). The molecule has 7 nitrogen and oxygen atoms in total. The summed E-state index contributed by atoms with van der Waals surface area (Å²) in [7, 11) is 1.94. The molecule has 0 radical (unpaired) electrons. The fourth-order valence-electron chi connectivity index (χ4n) is 2.48. The van der Waals surface area contributed by atoms with E-state index in [4.69, 9.17) is 12.2 Å². The van der Waals surface area contributed by atoms with Crippen LogP contribution in [0.2, 0.25) is 0 Å². The van der Waals surface area contributed by atoms with Crippen molar-refractivity contribution >= 4 is 23.4 Å². The molecule has 0 saturated heterocycles. The fraction of sp³-hybridized carbons (Fsp3) is 0.500. The maximum atomic E-state index is 5.44. The highest BCUT2D eigenvalue weighted by atomic mass is 32.1. The highest BCUT2D eigenvalue weighted by molar-refractivity contribution is 7.71. The lowest BCUT2D eigenvalue weighted by atomic mass is 10.3. The lowest BCUT2D eigenvalue weighted by Gasteiger charge is -2.05. The fourth-order valence-corrected chi connectivity index (χ4v) is 2.73. The molecule has 20 heavy (non-hydrogen) atoms. The van der Waals surface area contributed by atoms with Gasteiger partial charge in [-0.25, -0.2) is 0 Å². The van der Waals surface area contributed by atoms with Gasteiger partial charge in [-0.15, -0.1) is 10.2 Å². The number of aryl methyl sites for hydroxylation is 3. The predicted octanol–water partition coefficient (Wildman–Crippen LogP) is 1.65. The maximum Gasteiger partial charge on any atom is 0.179 e. The average molecular weight is 291 g/mol. The molecule has 8 heteroatoms. The Kier molecular flexibility index (Phi) is 3.17. The van der Waals surface area contributed by atoms with Gasteiger partial charge in [0.05, 0.1) is 12.2 Å². The SMILES string of the molecule is CCc1nn(C)c2c1[nH]c(=S)n2Cc1nncn1CC. The van der Waals surface area contributed by atoms with Crippen LogP contribution in [0.5, 0.6) is 0 Å². The molecule has 3 rings (SSSR count). The van der Waals surface area contributed by atoms with E-state index in [1.807, 2.05) is 20.9 Å². The van der Waals surface area contributed by atoms with Crippen LogP contribution in [0.15, 0.2) is 6.33 Å². The molecule has 0 aliphatic carbocycles. The second-order valence-electron chi connectivity index (χ2n) is 4.67. The molecule has 3 aromatic rings. The Morgan fingerprint density at radius 1 is 1.35 bits per heavy atom. The van der Waals surface area contributed by atoms with Crippen molar-refractivity contribution in [2.75, 3.05) is 0 Å². The Morgan fingerprint density at radius 2 is 2.15 bits per heavy atom. The maximum absolute atomic E-state index is 5.44. The lowest BCUT2D eigenvalue weighted by Crippen LogP contribution is -2.09. The van der Waals surface area contributed by atoms with Crippen LogP contribution in [-0.4, -0.2) is 34.1 Å². The first-order valence-electron chi connectivity index (χ1n) is 6.66. The monoisotopic (exact) mass is 291 g/mol. The summed E-state index contributed by atoms with van der Waals surface area (Å²) in [6.07, 6.45) is 2.61. The number of nitrogens with one attached hydrogen (secondary N) is 1. The zero-order chi connectivity index (χ0) is 14.3. The molecule has 3 aromatic heterocycles. The van der Waals surface area contributed by atoms with E-state index in [0.717, 1.165) is 35.6 Å². The number of aromatic amines is 1. The van der Waals surface area contributed by atoms with Crippen molar-refractivity contribution in [1.29, 1.82) is 0 Å². The van der Waals surface area contributed by atoms with Gasteiger partial charge in [0.25, 0.3) is 0 Å². The smallest absolute Gasteiger partial charge is 0.179 e. The van der Waals surface area contributed by atoms with Crippen LogP contribution in [-0.2, 0) is 26.6 Å². The largest absolute Gasteiger partial charge is 0.328 e. The Morgan fingerprint density at radius 3 is 2.85 bits per heavy atom. The van der Waals surface area contributed by atoms with Crippen LogP contribution in [0.25, 0.3) is 11.2 Å². The molecule has 3 heterocycles. The minimum atomic E-state index is 0.593. The first-order chi connectivity index (χ1) is 9.65. The van der Waals surface area contributed by atoms with Gasteiger partial charge in [0.2, 0.25) is 0 Å². The normalized spacial score (nSPS) is 11.6. The summed E-state index contributed by atoms with van der Waals surface area (Å²) in [5.41, 5.74) is 3.05. The van der Waals surface area contributed by atoms with Crippen LogP contribution >= 0.6 is 12.2 Å². The molecule has 0 aliphatic heterocycles. The van der Waals surface area contributed by atoms with Crippen LogP contribution in [0.3, 0.4) is 0 Å². The number of hydrogen-bond donors (Lipinski definition) is 1. The molecule has 0 bridgehead atoms. The summed E-state index contributed by atoms with van der Waals surface area (Å²) in [6, 6.07) is 0. The van der Waals surface area contributed by atoms with Gasteiger partial charge in [0.1, 0.15) is 11.8 Å². The van der Waals surface area contributed by atoms with Crippen molar-refractivity contribution < 1.29 is 0 Å². The Bertz CT molecular complexity index is 804. The summed E-state index contributed by atoms with van der Waals surface area (Å²) >= 11 is 5.44. The number of fused-ring (bicyclic) bond motifs is 1. The van der Waals surface area contributed by atoms with E-state index in [1.165, 1.54) is 0 Å². The van der Waals surface area contributed by atoms with Crippen molar-refractivity contribution in [1.82, 2.24) is 34.1 Å². The summed E-state index contributed by atoms with van der Waals surface area (Å²) in [5, 5.41) is 12.6. The van der Waals surface area contributed by atoms with Crippen LogP contribution in [0, 0.1) is 4.77 Å². The quantitative estimate of drug-likeness (QED) is 0.742. The highest BCUT2D eigenvalue weighted by Gasteiger charge is 2.15. The van der Waals surface area contributed by atoms with Gasteiger partial charge in [-0.05, 0) is 25.6 Å². The average Bonchev–Trinajstić information content (AvgIpc) is 3.08. The molecule has 0 amide bonds. The zero-order valence-electron chi connectivity index (χ0n) is 11.8. The zero-order valence-corrected chi connectivity index (χ0v) is 12.6. The molecular formula is C12H17N7S. The van der Waals surface area contributed by atoms with E-state index >= 15 is 0 Å². The minimum Gasteiger partial charge on any atom is -0.328 e. The van der Waals surface area contributed by atoms with Gasteiger partial charge < -0.3 is 9.55 Å². The molecule has 0 atom stereocenters. The third-order valence-corrected chi connectivity index (χ3v) is 3.82.